The predicted octanol–water partition coefficient (Wildman–Crippen LogP) is 3.61. The lowest BCUT2D eigenvalue weighted by atomic mass is 9.83. The molecule has 3 aliphatic rings. The number of hydrogen-bond acceptors (Lipinski definition) is 6. The number of hydrogen-bond donors (Lipinski definition) is 1. The molecule has 0 amide bonds. The number of rotatable bonds is 3. The molecule has 7 nitrogen and oxygen atoms in total. The first-order valence-electron chi connectivity index (χ1n) is 11.2. The van der Waals surface area contributed by atoms with Gasteiger partial charge in [-0.3, -0.25) is 19.5 Å². The zero-order chi connectivity index (χ0) is 22.5. The number of phenols is 1. The Kier molecular flexibility index (Phi) is 5.75. The van der Waals surface area contributed by atoms with Crippen molar-refractivity contribution in [2.75, 3.05) is 13.1 Å². The largest absolute Gasteiger partial charge is 0.507 e. The smallest absolute Gasteiger partial charge is 0.250 e. The fraction of sp³-hybridized carbons (Fsp3) is 0.269. The molecule has 1 N–H and O–H groups in total. The van der Waals surface area contributed by atoms with E-state index in [0.717, 1.165) is 30.8 Å². The van der Waals surface area contributed by atoms with Crippen molar-refractivity contribution in [3.63, 3.8) is 0 Å². The van der Waals surface area contributed by atoms with Gasteiger partial charge in [0, 0.05) is 56.3 Å². The Hall–Kier alpha value is -3.42. The van der Waals surface area contributed by atoms with E-state index in [9.17, 15) is 14.7 Å². The molecule has 2 bridgehead atoms. The zero-order valence-electron chi connectivity index (χ0n) is 18.4. The average molecular weight is 478 g/mol. The van der Waals surface area contributed by atoms with Gasteiger partial charge < -0.3 is 14.4 Å². The van der Waals surface area contributed by atoms with Gasteiger partial charge in [0.25, 0.3) is 5.56 Å². The number of allylic oxidation sites excluding steroid dienone is 1. The normalized spacial score (nSPS) is 22.0. The molecule has 1 saturated heterocycles. The second-order valence-corrected chi connectivity index (χ2v) is 9.06. The van der Waals surface area contributed by atoms with Gasteiger partial charge in [0.15, 0.2) is 5.76 Å². The number of carbonyl (C=O) groups is 1. The fourth-order valence-electron chi connectivity index (χ4n) is 5.41. The third-order valence-corrected chi connectivity index (χ3v) is 6.84. The molecule has 8 heteroatoms. The first-order valence-corrected chi connectivity index (χ1v) is 11.2. The van der Waals surface area contributed by atoms with Gasteiger partial charge in [-0.15, -0.1) is 12.4 Å². The van der Waals surface area contributed by atoms with Crippen molar-refractivity contribution < 1.29 is 14.6 Å². The van der Waals surface area contributed by atoms with Crippen LogP contribution in [0.1, 0.15) is 39.5 Å². The Morgan fingerprint density at radius 1 is 1.09 bits per heavy atom. The van der Waals surface area contributed by atoms with E-state index in [1.54, 1.807) is 42.7 Å². The maximum atomic E-state index is 12.9. The minimum Gasteiger partial charge on any atom is -0.507 e. The van der Waals surface area contributed by atoms with E-state index in [4.69, 9.17) is 4.74 Å². The molecule has 2 atom stereocenters. The molecule has 5 heterocycles. The number of likely N-dealkylation sites (tertiary alicyclic amines) is 1. The molecule has 34 heavy (non-hydrogen) atoms. The van der Waals surface area contributed by atoms with Crippen molar-refractivity contribution in [1.29, 1.82) is 0 Å². The predicted molar refractivity (Wildman–Crippen MR) is 129 cm³/mol. The molecule has 0 spiro atoms. The van der Waals surface area contributed by atoms with Crippen LogP contribution in [0, 0.1) is 5.92 Å². The SMILES string of the molecule is Cl.O=C1C(=Cc2cccnc2)Oc2c1ccc(O)c2CN1CC2CC(C1)c1cccc(=O)n1C2. The maximum absolute atomic E-state index is 12.9. The van der Waals surface area contributed by atoms with Crippen molar-refractivity contribution in [1.82, 2.24) is 14.5 Å². The average Bonchev–Trinajstić information content (AvgIpc) is 3.12. The summed E-state index contributed by atoms with van der Waals surface area (Å²) < 4.78 is 7.90. The van der Waals surface area contributed by atoms with Gasteiger partial charge in [-0.05, 0) is 48.2 Å². The highest BCUT2D eigenvalue weighted by Crippen LogP contribution is 2.42. The molecule has 0 saturated carbocycles. The topological polar surface area (TPSA) is 84.7 Å². The van der Waals surface area contributed by atoms with Crippen LogP contribution in [0.3, 0.4) is 0 Å². The van der Waals surface area contributed by atoms with Crippen LogP contribution in [0.4, 0.5) is 0 Å². The number of fused-ring (bicyclic) bond motifs is 5. The Bertz CT molecular complexity index is 1350. The molecule has 6 rings (SSSR count). The van der Waals surface area contributed by atoms with Crippen LogP contribution < -0.4 is 10.3 Å². The quantitative estimate of drug-likeness (QED) is 0.580. The van der Waals surface area contributed by atoms with Gasteiger partial charge in [0.2, 0.25) is 5.78 Å². The van der Waals surface area contributed by atoms with Crippen LogP contribution in [0.2, 0.25) is 0 Å². The number of carbonyl (C=O) groups excluding carboxylic acids is 1. The summed E-state index contributed by atoms with van der Waals surface area (Å²) in [5.41, 5.74) is 3.01. The van der Waals surface area contributed by atoms with Crippen molar-refractivity contribution in [2.45, 2.75) is 25.4 Å². The van der Waals surface area contributed by atoms with Crippen molar-refractivity contribution in [3.8, 4) is 11.5 Å². The highest BCUT2D eigenvalue weighted by molar-refractivity contribution is 6.14. The molecule has 2 unspecified atom stereocenters. The number of ketones is 1. The number of piperidine rings is 1. The second-order valence-electron chi connectivity index (χ2n) is 9.06. The van der Waals surface area contributed by atoms with E-state index in [0.29, 0.717) is 35.9 Å². The summed E-state index contributed by atoms with van der Waals surface area (Å²) in [4.78, 5) is 31.6. The van der Waals surface area contributed by atoms with Crippen molar-refractivity contribution in [3.05, 3.63) is 93.4 Å². The summed E-state index contributed by atoms with van der Waals surface area (Å²) in [7, 11) is 0. The molecule has 0 radical (unpaired) electrons. The van der Waals surface area contributed by atoms with E-state index in [1.807, 2.05) is 22.8 Å². The standard InChI is InChI=1S/C26H23N3O4.ClH/c30-22-7-6-19-25(32)23(10-16-3-2-8-27-11-16)33-26(19)20(22)15-28-12-17-9-18(14-28)21-4-1-5-24(31)29(21)13-17;/h1-8,10-11,17-18,30H,9,12-15H2;1H. The lowest BCUT2D eigenvalue weighted by Crippen LogP contribution is -2.46. The Labute approximate surface area is 202 Å². The van der Waals surface area contributed by atoms with Crippen LogP contribution in [0.5, 0.6) is 11.5 Å². The molecule has 1 aromatic carbocycles. The Morgan fingerprint density at radius 2 is 1.97 bits per heavy atom. The van der Waals surface area contributed by atoms with Gasteiger partial charge in [-0.1, -0.05) is 12.1 Å². The lowest BCUT2D eigenvalue weighted by Gasteiger charge is -2.42. The van der Waals surface area contributed by atoms with Crippen LogP contribution in [0.25, 0.3) is 6.08 Å². The van der Waals surface area contributed by atoms with Gasteiger partial charge in [0.05, 0.1) is 11.1 Å². The van der Waals surface area contributed by atoms with E-state index in [2.05, 4.69) is 9.88 Å². The van der Waals surface area contributed by atoms with Gasteiger partial charge in [-0.2, -0.15) is 0 Å². The minimum atomic E-state index is -0.195. The van der Waals surface area contributed by atoms with Crippen LogP contribution in [-0.2, 0) is 13.1 Å². The summed E-state index contributed by atoms with van der Waals surface area (Å²) in [6.45, 7) is 2.81. The number of pyridine rings is 2. The number of halogens is 1. The first kappa shape index (κ1) is 22.4. The molecule has 3 aromatic rings. The Balaban J connectivity index is 0.00000241. The number of Topliss-reactive ketones (excluding diaryl/α,β-unsaturated/α-hetero) is 1. The number of ether oxygens (including phenoxy) is 1. The van der Waals surface area contributed by atoms with Gasteiger partial charge in [-0.25, -0.2) is 0 Å². The van der Waals surface area contributed by atoms with Crippen molar-refractivity contribution >= 4 is 24.3 Å². The summed E-state index contributed by atoms with van der Waals surface area (Å²) >= 11 is 0. The van der Waals surface area contributed by atoms with E-state index >= 15 is 0 Å². The maximum Gasteiger partial charge on any atom is 0.250 e. The molecular formula is C26H24ClN3O4. The number of aromatic nitrogens is 2. The van der Waals surface area contributed by atoms with Crippen LogP contribution in [-0.4, -0.2) is 38.4 Å². The Morgan fingerprint density at radius 3 is 2.79 bits per heavy atom. The third-order valence-electron chi connectivity index (χ3n) is 6.84. The molecule has 1 fully saturated rings. The minimum absolute atomic E-state index is 0. The fourth-order valence-corrected chi connectivity index (χ4v) is 5.41. The monoisotopic (exact) mass is 477 g/mol. The van der Waals surface area contributed by atoms with Crippen molar-refractivity contribution in [2.24, 2.45) is 5.92 Å². The third kappa shape index (κ3) is 3.81. The van der Waals surface area contributed by atoms with Crippen LogP contribution in [0.15, 0.2) is 65.4 Å². The van der Waals surface area contributed by atoms with E-state index in [-0.39, 0.29) is 41.2 Å². The van der Waals surface area contributed by atoms with E-state index < -0.39 is 0 Å². The molecular weight excluding hydrogens is 454 g/mol. The van der Waals surface area contributed by atoms with E-state index in [1.165, 1.54) is 0 Å². The first-order chi connectivity index (χ1) is 16.1. The van der Waals surface area contributed by atoms with Crippen LogP contribution >= 0.6 is 12.4 Å². The lowest BCUT2D eigenvalue weighted by molar-refractivity contribution is 0.101. The number of nitrogens with zero attached hydrogens (tertiary/aromatic N) is 3. The molecule has 174 valence electrons. The number of aromatic hydroxyl groups is 1. The number of phenolic OH excluding ortho intramolecular Hbond substituents is 1. The molecule has 0 aliphatic carbocycles. The second kappa shape index (κ2) is 8.74. The summed E-state index contributed by atoms with van der Waals surface area (Å²) in [6, 6.07) is 12.3. The number of benzene rings is 1. The summed E-state index contributed by atoms with van der Waals surface area (Å²) in [5, 5.41) is 10.7. The highest BCUT2D eigenvalue weighted by Gasteiger charge is 2.36. The molecule has 2 aromatic heterocycles. The zero-order valence-corrected chi connectivity index (χ0v) is 19.2. The molecule has 3 aliphatic heterocycles. The summed E-state index contributed by atoms with van der Waals surface area (Å²) in [5.74, 6) is 1.24. The van der Waals surface area contributed by atoms with Gasteiger partial charge in [0.1, 0.15) is 11.5 Å². The van der Waals surface area contributed by atoms with Gasteiger partial charge >= 0.3 is 0 Å². The highest BCUT2D eigenvalue weighted by atomic mass is 35.5. The summed E-state index contributed by atoms with van der Waals surface area (Å²) in [6.07, 6.45) is 6.08.